The molecule has 4 nitrogen and oxygen atoms in total. The minimum atomic E-state index is 0.0728. The van der Waals surface area contributed by atoms with Gasteiger partial charge < -0.3 is 16.0 Å². The Balaban J connectivity index is 2.23. The van der Waals surface area contributed by atoms with Gasteiger partial charge in [0, 0.05) is 31.5 Å². The van der Waals surface area contributed by atoms with E-state index in [4.69, 9.17) is 5.73 Å². The summed E-state index contributed by atoms with van der Waals surface area (Å²) in [4.78, 5) is 13.2. The third kappa shape index (κ3) is 1.94. The van der Waals surface area contributed by atoms with Gasteiger partial charge in [-0.25, -0.2) is 0 Å². The topological polar surface area (TPSA) is 58.4 Å². The minimum absolute atomic E-state index is 0.0728. The molecule has 1 aliphatic heterocycles. The van der Waals surface area contributed by atoms with Crippen molar-refractivity contribution in [3.05, 3.63) is 23.8 Å². The third-order valence-corrected chi connectivity index (χ3v) is 2.62. The Bertz CT molecular complexity index is 389. The monoisotopic (exact) mass is 205 g/mol. The smallest absolute Gasteiger partial charge is 0.228 e. The first kappa shape index (κ1) is 9.98. The van der Waals surface area contributed by atoms with Crippen LogP contribution < -0.4 is 16.0 Å². The number of carbonyl (C=O) groups is 1. The number of nitrogens with zero attached hydrogens (tertiary/aromatic N) is 1. The highest BCUT2D eigenvalue weighted by Crippen LogP contribution is 2.27. The van der Waals surface area contributed by atoms with E-state index in [9.17, 15) is 4.79 Å². The van der Waals surface area contributed by atoms with Gasteiger partial charge in [-0.15, -0.1) is 0 Å². The lowest BCUT2D eigenvalue weighted by Gasteiger charge is -2.18. The van der Waals surface area contributed by atoms with Crippen molar-refractivity contribution in [3.8, 4) is 0 Å². The van der Waals surface area contributed by atoms with Gasteiger partial charge >= 0.3 is 0 Å². The highest BCUT2D eigenvalue weighted by molar-refractivity contribution is 5.99. The first-order valence-electron chi connectivity index (χ1n) is 5.04. The average Bonchev–Trinajstić information content (AvgIpc) is 2.57. The van der Waals surface area contributed by atoms with E-state index < -0.39 is 0 Å². The number of fused-ring (bicyclic) bond motifs is 1. The number of amides is 1. The van der Waals surface area contributed by atoms with Gasteiger partial charge in [0.1, 0.15) is 0 Å². The van der Waals surface area contributed by atoms with Crippen LogP contribution in [0.25, 0.3) is 0 Å². The summed E-state index contributed by atoms with van der Waals surface area (Å²) in [7, 11) is 2.00. The minimum Gasteiger partial charge on any atom is -0.373 e. The van der Waals surface area contributed by atoms with Gasteiger partial charge in [0.15, 0.2) is 0 Å². The number of hydrogen-bond acceptors (Lipinski definition) is 3. The summed E-state index contributed by atoms with van der Waals surface area (Å²) in [5.41, 5.74) is 8.61. The molecule has 1 heterocycles. The van der Waals surface area contributed by atoms with Crippen LogP contribution in [0.3, 0.4) is 0 Å². The Labute approximate surface area is 89.1 Å². The summed E-state index contributed by atoms with van der Waals surface area (Å²) < 4.78 is 0. The highest BCUT2D eigenvalue weighted by Gasteiger charge is 2.17. The van der Waals surface area contributed by atoms with E-state index >= 15 is 0 Å². The molecule has 1 amide bonds. The predicted molar refractivity (Wildman–Crippen MR) is 61.1 cm³/mol. The van der Waals surface area contributed by atoms with Crippen molar-refractivity contribution in [1.82, 2.24) is 0 Å². The van der Waals surface area contributed by atoms with Crippen LogP contribution in [0.5, 0.6) is 0 Å². The van der Waals surface area contributed by atoms with Gasteiger partial charge in [0.2, 0.25) is 5.91 Å². The maximum Gasteiger partial charge on any atom is 0.228 e. The lowest BCUT2D eigenvalue weighted by molar-refractivity contribution is -0.115. The van der Waals surface area contributed by atoms with E-state index in [0.29, 0.717) is 13.0 Å². The largest absolute Gasteiger partial charge is 0.373 e. The van der Waals surface area contributed by atoms with Crippen LogP contribution in [0.1, 0.15) is 5.56 Å². The van der Waals surface area contributed by atoms with Crippen molar-refractivity contribution in [1.29, 1.82) is 0 Å². The molecule has 0 saturated heterocycles. The van der Waals surface area contributed by atoms with Crippen LogP contribution in [0.15, 0.2) is 18.2 Å². The van der Waals surface area contributed by atoms with Gasteiger partial charge in [-0.05, 0) is 23.8 Å². The molecule has 4 heteroatoms. The number of benzene rings is 1. The molecule has 1 aromatic rings. The van der Waals surface area contributed by atoms with E-state index in [-0.39, 0.29) is 5.91 Å². The summed E-state index contributed by atoms with van der Waals surface area (Å²) >= 11 is 0. The zero-order chi connectivity index (χ0) is 10.8. The van der Waals surface area contributed by atoms with E-state index in [1.54, 1.807) is 0 Å². The highest BCUT2D eigenvalue weighted by atomic mass is 16.1. The maximum atomic E-state index is 11.2. The number of nitrogens with two attached hydrogens (primary N) is 1. The first-order chi connectivity index (χ1) is 7.20. The van der Waals surface area contributed by atoms with Crippen molar-refractivity contribution >= 4 is 17.3 Å². The van der Waals surface area contributed by atoms with Crippen LogP contribution in [-0.4, -0.2) is 26.0 Å². The molecule has 0 aromatic heterocycles. The van der Waals surface area contributed by atoms with Crippen LogP contribution in [0.2, 0.25) is 0 Å². The normalized spacial score (nSPS) is 13.6. The zero-order valence-corrected chi connectivity index (χ0v) is 8.79. The molecule has 0 bridgehead atoms. The number of carbonyl (C=O) groups excluding carboxylic acids is 1. The number of anilines is 2. The lowest BCUT2D eigenvalue weighted by atomic mass is 10.1. The molecule has 15 heavy (non-hydrogen) atoms. The van der Waals surface area contributed by atoms with Crippen molar-refractivity contribution in [2.45, 2.75) is 6.42 Å². The van der Waals surface area contributed by atoms with Gasteiger partial charge in [0.05, 0.1) is 6.42 Å². The second-order valence-electron chi connectivity index (χ2n) is 3.78. The van der Waals surface area contributed by atoms with Crippen molar-refractivity contribution in [2.24, 2.45) is 5.73 Å². The Morgan fingerprint density at radius 2 is 2.33 bits per heavy atom. The van der Waals surface area contributed by atoms with Gasteiger partial charge in [-0.1, -0.05) is 0 Å². The Morgan fingerprint density at radius 3 is 3.07 bits per heavy atom. The zero-order valence-electron chi connectivity index (χ0n) is 8.79. The quantitative estimate of drug-likeness (QED) is 0.758. The second-order valence-corrected chi connectivity index (χ2v) is 3.78. The molecule has 0 spiro atoms. The van der Waals surface area contributed by atoms with Gasteiger partial charge in [-0.3, -0.25) is 4.79 Å². The van der Waals surface area contributed by atoms with Crippen LogP contribution in [-0.2, 0) is 11.2 Å². The summed E-state index contributed by atoms with van der Waals surface area (Å²) in [5.74, 6) is 0.0728. The Morgan fingerprint density at radius 1 is 1.53 bits per heavy atom. The molecule has 1 aliphatic rings. The summed E-state index contributed by atoms with van der Waals surface area (Å²) in [6.45, 7) is 1.45. The average molecular weight is 205 g/mol. The standard InChI is InChI=1S/C11H15N3O/c1-14(5-4-12)9-2-3-10-8(6-9)7-11(15)13-10/h2-3,6H,4-5,7,12H2,1H3,(H,13,15). The number of rotatable bonds is 3. The number of hydrogen-bond donors (Lipinski definition) is 2. The molecule has 0 atom stereocenters. The molecule has 2 rings (SSSR count). The van der Waals surface area contributed by atoms with E-state index in [0.717, 1.165) is 23.5 Å². The summed E-state index contributed by atoms with van der Waals surface area (Å²) in [5, 5.41) is 2.81. The molecule has 80 valence electrons. The van der Waals surface area contributed by atoms with Crippen LogP contribution in [0, 0.1) is 0 Å². The van der Waals surface area contributed by atoms with E-state index in [2.05, 4.69) is 10.2 Å². The third-order valence-electron chi connectivity index (χ3n) is 2.62. The second kappa shape index (κ2) is 3.90. The fourth-order valence-corrected chi connectivity index (χ4v) is 1.78. The predicted octanol–water partition coefficient (Wildman–Crippen LogP) is 0.576. The molecular weight excluding hydrogens is 190 g/mol. The molecule has 0 aliphatic carbocycles. The van der Waals surface area contributed by atoms with Crippen molar-refractivity contribution in [3.63, 3.8) is 0 Å². The van der Waals surface area contributed by atoms with Crippen LogP contribution in [0.4, 0.5) is 11.4 Å². The molecule has 1 aromatic carbocycles. The molecular formula is C11H15N3O. The number of nitrogens with one attached hydrogen (secondary N) is 1. The SMILES string of the molecule is CN(CCN)c1ccc2c(c1)CC(=O)N2. The first-order valence-corrected chi connectivity index (χ1v) is 5.04. The van der Waals surface area contributed by atoms with Gasteiger partial charge in [0.25, 0.3) is 0 Å². The maximum absolute atomic E-state index is 11.2. The fourth-order valence-electron chi connectivity index (χ4n) is 1.78. The molecule has 0 fully saturated rings. The summed E-state index contributed by atoms with van der Waals surface area (Å²) in [6.07, 6.45) is 0.486. The molecule has 0 unspecified atom stereocenters. The van der Waals surface area contributed by atoms with Crippen molar-refractivity contribution < 1.29 is 4.79 Å². The van der Waals surface area contributed by atoms with Crippen LogP contribution >= 0.6 is 0 Å². The molecule has 0 saturated carbocycles. The molecule has 0 radical (unpaired) electrons. The van der Waals surface area contributed by atoms with Gasteiger partial charge in [-0.2, -0.15) is 0 Å². The Kier molecular flexibility index (Phi) is 2.60. The van der Waals surface area contributed by atoms with E-state index in [1.165, 1.54) is 0 Å². The summed E-state index contributed by atoms with van der Waals surface area (Å²) in [6, 6.07) is 5.99. The number of likely N-dealkylation sites (N-methyl/N-ethyl adjacent to an activating group) is 1. The van der Waals surface area contributed by atoms with E-state index in [1.807, 2.05) is 25.2 Å². The van der Waals surface area contributed by atoms with Crippen molar-refractivity contribution in [2.75, 3.05) is 30.4 Å². The molecule has 3 N–H and O–H groups in total. The Hall–Kier alpha value is -1.55. The lowest BCUT2D eigenvalue weighted by Crippen LogP contribution is -2.24. The fraction of sp³-hybridized carbons (Fsp3) is 0.364.